The van der Waals surface area contributed by atoms with Crippen LogP contribution < -0.4 is 5.69 Å². The number of likely N-dealkylation sites (tertiary alicyclic amines) is 1. The lowest BCUT2D eigenvalue weighted by Crippen LogP contribution is -2.38. The van der Waals surface area contributed by atoms with Crippen LogP contribution in [0.25, 0.3) is 5.69 Å². The van der Waals surface area contributed by atoms with E-state index in [1.807, 2.05) is 35.2 Å². The third-order valence-electron chi connectivity index (χ3n) is 4.90. The van der Waals surface area contributed by atoms with Gasteiger partial charge in [-0.15, -0.1) is 11.3 Å². The predicted molar refractivity (Wildman–Crippen MR) is 106 cm³/mol. The second kappa shape index (κ2) is 7.32. The molecule has 1 amide bonds. The van der Waals surface area contributed by atoms with Crippen molar-refractivity contribution in [3.63, 3.8) is 0 Å². The lowest BCUT2D eigenvalue weighted by atomic mass is 9.95. The fraction of sp³-hybridized carbons (Fsp3) is 0.316. The zero-order valence-corrected chi connectivity index (χ0v) is 16.4. The van der Waals surface area contributed by atoms with Gasteiger partial charge in [-0.1, -0.05) is 29.8 Å². The van der Waals surface area contributed by atoms with E-state index in [0.717, 1.165) is 24.4 Å². The molecule has 1 aliphatic rings. The summed E-state index contributed by atoms with van der Waals surface area (Å²) in [5.74, 6) is 0.918. The van der Waals surface area contributed by atoms with Crippen molar-refractivity contribution in [2.24, 2.45) is 7.05 Å². The number of aryl methyl sites for hydroxylation is 1. The molecule has 6 nitrogen and oxygen atoms in total. The molecule has 140 valence electrons. The molecule has 27 heavy (non-hydrogen) atoms. The average Bonchev–Trinajstić information content (AvgIpc) is 3.26. The maximum Gasteiger partial charge on any atom is 0.350 e. The molecule has 1 saturated heterocycles. The number of carbonyl (C=O) groups excluding carboxylic acids is 1. The van der Waals surface area contributed by atoms with Crippen molar-refractivity contribution in [3.8, 4) is 5.69 Å². The Morgan fingerprint density at radius 3 is 2.48 bits per heavy atom. The van der Waals surface area contributed by atoms with Crippen molar-refractivity contribution in [3.05, 3.63) is 68.0 Å². The van der Waals surface area contributed by atoms with Gasteiger partial charge in [0, 0.05) is 26.1 Å². The van der Waals surface area contributed by atoms with Crippen molar-refractivity contribution >= 4 is 28.8 Å². The largest absolute Gasteiger partial charge is 0.350 e. The third-order valence-corrected chi connectivity index (χ3v) is 6.11. The van der Waals surface area contributed by atoms with Crippen LogP contribution in [0.3, 0.4) is 0 Å². The number of thiophene rings is 1. The number of benzene rings is 1. The van der Waals surface area contributed by atoms with E-state index in [2.05, 4.69) is 5.10 Å². The van der Waals surface area contributed by atoms with Crippen molar-refractivity contribution in [2.45, 2.75) is 18.8 Å². The van der Waals surface area contributed by atoms with E-state index in [4.69, 9.17) is 11.6 Å². The van der Waals surface area contributed by atoms with Gasteiger partial charge in [0.05, 0.1) is 14.9 Å². The summed E-state index contributed by atoms with van der Waals surface area (Å²) < 4.78 is 3.68. The number of carbonyl (C=O) groups is 1. The zero-order valence-electron chi connectivity index (χ0n) is 14.8. The normalized spacial score (nSPS) is 15.3. The number of halogens is 1. The Kier molecular flexibility index (Phi) is 4.88. The van der Waals surface area contributed by atoms with Gasteiger partial charge in [-0.2, -0.15) is 5.10 Å². The molecule has 1 aliphatic heterocycles. The van der Waals surface area contributed by atoms with E-state index in [-0.39, 0.29) is 17.5 Å². The highest BCUT2D eigenvalue weighted by atomic mass is 35.5. The molecule has 8 heteroatoms. The van der Waals surface area contributed by atoms with Crippen LogP contribution in [0, 0.1) is 0 Å². The van der Waals surface area contributed by atoms with E-state index in [1.54, 1.807) is 23.7 Å². The average molecular weight is 403 g/mol. The highest BCUT2D eigenvalue weighted by Gasteiger charge is 2.29. The van der Waals surface area contributed by atoms with Gasteiger partial charge in [0.25, 0.3) is 5.91 Å². The minimum Gasteiger partial charge on any atom is -0.338 e. The Hall–Kier alpha value is -2.38. The number of hydrogen-bond donors (Lipinski definition) is 0. The molecule has 0 unspecified atom stereocenters. The predicted octanol–water partition coefficient (Wildman–Crippen LogP) is 3.31. The number of piperidine rings is 1. The van der Waals surface area contributed by atoms with Crippen LogP contribution in [0.2, 0.25) is 4.34 Å². The monoisotopic (exact) mass is 402 g/mol. The van der Waals surface area contributed by atoms with Crippen molar-refractivity contribution < 1.29 is 4.79 Å². The summed E-state index contributed by atoms with van der Waals surface area (Å²) in [4.78, 5) is 27.7. The molecule has 3 aromatic rings. The molecule has 0 aliphatic carbocycles. The van der Waals surface area contributed by atoms with Gasteiger partial charge in [0.2, 0.25) is 0 Å². The molecule has 2 aromatic heterocycles. The molecule has 4 rings (SSSR count). The fourth-order valence-electron chi connectivity index (χ4n) is 3.49. The Labute approximate surface area is 165 Å². The van der Waals surface area contributed by atoms with Crippen LogP contribution in [0.4, 0.5) is 0 Å². The first-order valence-corrected chi connectivity index (χ1v) is 10.00. The van der Waals surface area contributed by atoms with Crippen molar-refractivity contribution in [1.82, 2.24) is 19.2 Å². The molecule has 1 aromatic carbocycles. The molecular weight excluding hydrogens is 384 g/mol. The van der Waals surface area contributed by atoms with Gasteiger partial charge in [-0.05, 0) is 37.1 Å². The minimum atomic E-state index is -0.150. The number of nitrogens with zero attached hydrogens (tertiary/aromatic N) is 4. The summed E-state index contributed by atoms with van der Waals surface area (Å²) in [5, 5.41) is 4.49. The van der Waals surface area contributed by atoms with Gasteiger partial charge in [-0.3, -0.25) is 4.79 Å². The highest BCUT2D eigenvalue weighted by Crippen LogP contribution is 2.30. The third kappa shape index (κ3) is 3.44. The number of amides is 1. The summed E-state index contributed by atoms with van der Waals surface area (Å²) in [6.07, 6.45) is 1.54. The summed E-state index contributed by atoms with van der Waals surface area (Å²) in [6, 6.07) is 13.1. The van der Waals surface area contributed by atoms with Crippen LogP contribution >= 0.6 is 22.9 Å². The lowest BCUT2D eigenvalue weighted by Gasteiger charge is -2.31. The minimum absolute atomic E-state index is 0.0202. The topological polar surface area (TPSA) is 60.1 Å². The van der Waals surface area contributed by atoms with Crippen LogP contribution in [0.1, 0.15) is 34.3 Å². The summed E-state index contributed by atoms with van der Waals surface area (Å²) in [6.45, 7) is 1.27. The second-order valence-electron chi connectivity index (χ2n) is 6.61. The molecule has 0 N–H and O–H groups in total. The van der Waals surface area contributed by atoms with E-state index in [9.17, 15) is 9.59 Å². The SMILES string of the molecule is Cn1nc(C2CCN(C(=O)c3ccc(Cl)s3)CC2)n(-c2ccccc2)c1=O. The first-order valence-electron chi connectivity index (χ1n) is 8.80. The van der Waals surface area contributed by atoms with Crippen LogP contribution in [0.5, 0.6) is 0 Å². The Morgan fingerprint density at radius 2 is 1.85 bits per heavy atom. The van der Waals surface area contributed by atoms with Gasteiger partial charge in [-0.25, -0.2) is 14.0 Å². The molecule has 0 radical (unpaired) electrons. The number of para-hydroxylation sites is 1. The fourth-order valence-corrected chi connectivity index (χ4v) is 4.50. The first-order chi connectivity index (χ1) is 13.0. The molecule has 3 heterocycles. The van der Waals surface area contributed by atoms with E-state index < -0.39 is 0 Å². The Morgan fingerprint density at radius 1 is 1.15 bits per heavy atom. The van der Waals surface area contributed by atoms with Crippen molar-refractivity contribution in [2.75, 3.05) is 13.1 Å². The smallest absolute Gasteiger partial charge is 0.338 e. The maximum absolute atomic E-state index is 12.6. The van der Waals surface area contributed by atoms with Gasteiger partial charge < -0.3 is 4.90 Å². The lowest BCUT2D eigenvalue weighted by molar-refractivity contribution is 0.0715. The highest BCUT2D eigenvalue weighted by molar-refractivity contribution is 7.17. The number of rotatable bonds is 3. The van der Waals surface area contributed by atoms with Crippen LogP contribution in [-0.4, -0.2) is 38.2 Å². The van der Waals surface area contributed by atoms with E-state index in [1.165, 1.54) is 16.0 Å². The van der Waals surface area contributed by atoms with E-state index >= 15 is 0 Å². The molecule has 0 saturated carbocycles. The maximum atomic E-state index is 12.6. The second-order valence-corrected chi connectivity index (χ2v) is 8.32. The summed E-state index contributed by atoms with van der Waals surface area (Å²) in [5.41, 5.74) is 0.667. The van der Waals surface area contributed by atoms with Crippen LogP contribution in [0.15, 0.2) is 47.3 Å². The number of hydrogen-bond acceptors (Lipinski definition) is 4. The molecule has 1 fully saturated rings. The van der Waals surface area contributed by atoms with E-state index in [0.29, 0.717) is 22.3 Å². The first kappa shape index (κ1) is 18.0. The molecule has 0 bridgehead atoms. The molecule has 0 atom stereocenters. The Bertz CT molecular complexity index is 1020. The molecule has 0 spiro atoms. The quantitative estimate of drug-likeness (QED) is 0.675. The number of aromatic nitrogens is 3. The van der Waals surface area contributed by atoms with Gasteiger partial charge in [0.1, 0.15) is 5.82 Å². The van der Waals surface area contributed by atoms with Gasteiger partial charge >= 0.3 is 5.69 Å². The summed E-state index contributed by atoms with van der Waals surface area (Å²) in [7, 11) is 1.67. The van der Waals surface area contributed by atoms with Crippen LogP contribution in [-0.2, 0) is 7.05 Å². The van der Waals surface area contributed by atoms with Crippen molar-refractivity contribution in [1.29, 1.82) is 0 Å². The van der Waals surface area contributed by atoms with Gasteiger partial charge in [0.15, 0.2) is 0 Å². The molecular formula is C19H19ClN4O2S. The zero-order chi connectivity index (χ0) is 19.0. The summed E-state index contributed by atoms with van der Waals surface area (Å²) >= 11 is 7.25. The Balaban J connectivity index is 1.55. The standard InChI is InChI=1S/C19H19ClN4O2S/c1-22-19(26)24(14-5-3-2-4-6-14)17(21-22)13-9-11-23(12-10-13)18(25)15-7-8-16(20)27-15/h2-8,13H,9-12H2,1H3.